The van der Waals surface area contributed by atoms with E-state index in [4.69, 9.17) is 9.84 Å². The Kier molecular flexibility index (Phi) is 6.14. The van der Waals surface area contributed by atoms with Gasteiger partial charge in [-0.3, -0.25) is 4.79 Å². The normalized spacial score (nSPS) is 9.79. The molecule has 6 nitrogen and oxygen atoms in total. The van der Waals surface area contributed by atoms with E-state index in [1.165, 1.54) is 0 Å². The third kappa shape index (κ3) is 5.60. The first-order chi connectivity index (χ1) is 9.02. The number of benzene rings is 1. The van der Waals surface area contributed by atoms with Crippen LogP contribution in [0.2, 0.25) is 0 Å². The number of rotatable bonds is 6. The second-order valence-electron chi connectivity index (χ2n) is 3.60. The average molecular weight is 331 g/mol. The fourth-order valence-corrected chi connectivity index (χ4v) is 1.80. The van der Waals surface area contributed by atoms with E-state index in [0.717, 1.165) is 4.47 Å². The van der Waals surface area contributed by atoms with Crippen LogP contribution in [0.5, 0.6) is 5.75 Å². The van der Waals surface area contributed by atoms with Crippen molar-refractivity contribution in [2.45, 2.75) is 13.3 Å². The zero-order chi connectivity index (χ0) is 14.3. The van der Waals surface area contributed by atoms with Crippen molar-refractivity contribution in [2.75, 3.05) is 18.5 Å². The van der Waals surface area contributed by atoms with Gasteiger partial charge >= 0.3 is 12.0 Å². The van der Waals surface area contributed by atoms with Crippen molar-refractivity contribution in [2.24, 2.45) is 0 Å². The summed E-state index contributed by atoms with van der Waals surface area (Å²) in [4.78, 5) is 21.7. The van der Waals surface area contributed by atoms with Gasteiger partial charge in [0, 0.05) is 12.2 Å². The highest BCUT2D eigenvalue weighted by molar-refractivity contribution is 9.10. The van der Waals surface area contributed by atoms with Crippen molar-refractivity contribution < 1.29 is 19.4 Å². The lowest BCUT2D eigenvalue weighted by atomic mass is 10.3. The molecule has 1 rings (SSSR count). The van der Waals surface area contributed by atoms with Crippen LogP contribution < -0.4 is 15.4 Å². The van der Waals surface area contributed by atoms with Crippen molar-refractivity contribution in [1.82, 2.24) is 5.32 Å². The number of hydrogen-bond acceptors (Lipinski definition) is 3. The summed E-state index contributed by atoms with van der Waals surface area (Å²) < 4.78 is 6.08. The number of hydrogen-bond donors (Lipinski definition) is 3. The van der Waals surface area contributed by atoms with Crippen LogP contribution in [-0.4, -0.2) is 30.3 Å². The molecule has 0 aromatic heterocycles. The highest BCUT2D eigenvalue weighted by Crippen LogP contribution is 2.27. The molecule has 0 aliphatic rings. The summed E-state index contributed by atoms with van der Waals surface area (Å²) in [5.41, 5.74) is 0.586. The number of urea groups is 1. The molecule has 0 saturated carbocycles. The lowest BCUT2D eigenvalue weighted by molar-refractivity contribution is -0.136. The van der Waals surface area contributed by atoms with Gasteiger partial charge in [0.2, 0.25) is 0 Å². The maximum atomic E-state index is 11.5. The van der Waals surface area contributed by atoms with Crippen LogP contribution in [0.3, 0.4) is 0 Å². The largest absolute Gasteiger partial charge is 0.493 e. The van der Waals surface area contributed by atoms with Gasteiger partial charge in [-0.2, -0.15) is 0 Å². The summed E-state index contributed by atoms with van der Waals surface area (Å²) in [6, 6.07) is 4.70. The molecule has 0 atom stereocenters. The third-order valence-corrected chi connectivity index (χ3v) is 2.73. The van der Waals surface area contributed by atoms with Gasteiger partial charge in [-0.25, -0.2) is 4.79 Å². The van der Waals surface area contributed by atoms with Crippen molar-refractivity contribution in [3.63, 3.8) is 0 Å². The van der Waals surface area contributed by atoms with Gasteiger partial charge in [0.25, 0.3) is 0 Å². The fourth-order valence-electron chi connectivity index (χ4n) is 1.31. The molecule has 104 valence electrons. The minimum Gasteiger partial charge on any atom is -0.493 e. The summed E-state index contributed by atoms with van der Waals surface area (Å²) in [6.07, 6.45) is -0.111. The Labute approximate surface area is 119 Å². The zero-order valence-electron chi connectivity index (χ0n) is 10.4. The molecule has 3 N–H and O–H groups in total. The van der Waals surface area contributed by atoms with Crippen LogP contribution in [0.15, 0.2) is 22.7 Å². The van der Waals surface area contributed by atoms with E-state index in [1.54, 1.807) is 18.2 Å². The number of anilines is 1. The molecule has 7 heteroatoms. The van der Waals surface area contributed by atoms with Gasteiger partial charge in [0.15, 0.2) is 0 Å². The average Bonchev–Trinajstić information content (AvgIpc) is 2.32. The Balaban J connectivity index is 2.50. The van der Waals surface area contributed by atoms with Crippen molar-refractivity contribution >= 4 is 33.6 Å². The number of carboxylic acids is 1. The van der Waals surface area contributed by atoms with Crippen LogP contribution in [-0.2, 0) is 4.79 Å². The molecule has 1 aromatic carbocycles. The van der Waals surface area contributed by atoms with Gasteiger partial charge < -0.3 is 20.5 Å². The molecular formula is C12H15BrN2O4. The second kappa shape index (κ2) is 7.63. The number of carbonyl (C=O) groups excluding carboxylic acids is 1. The van der Waals surface area contributed by atoms with E-state index in [9.17, 15) is 9.59 Å². The van der Waals surface area contributed by atoms with Crippen molar-refractivity contribution in [3.05, 3.63) is 22.7 Å². The first-order valence-corrected chi connectivity index (χ1v) is 6.51. The maximum absolute atomic E-state index is 11.5. The highest BCUT2D eigenvalue weighted by atomic mass is 79.9. The first kappa shape index (κ1) is 15.3. The smallest absolute Gasteiger partial charge is 0.319 e. The van der Waals surface area contributed by atoms with Gasteiger partial charge in [-0.05, 0) is 41.1 Å². The maximum Gasteiger partial charge on any atom is 0.319 e. The first-order valence-electron chi connectivity index (χ1n) is 5.72. The number of halogens is 1. The molecule has 0 spiro atoms. The molecular weight excluding hydrogens is 316 g/mol. The molecule has 0 aliphatic carbocycles. The van der Waals surface area contributed by atoms with Crippen LogP contribution >= 0.6 is 15.9 Å². The lowest BCUT2D eigenvalue weighted by Crippen LogP contribution is -2.30. The molecule has 0 aliphatic heterocycles. The Morgan fingerprint density at radius 1 is 1.42 bits per heavy atom. The van der Waals surface area contributed by atoms with E-state index < -0.39 is 12.0 Å². The molecule has 1 aromatic rings. The Morgan fingerprint density at radius 3 is 2.74 bits per heavy atom. The molecule has 0 unspecified atom stereocenters. The predicted octanol–water partition coefficient (Wildman–Crippen LogP) is 2.44. The van der Waals surface area contributed by atoms with Gasteiger partial charge in [0.05, 0.1) is 17.5 Å². The number of amides is 2. The van der Waals surface area contributed by atoms with Gasteiger partial charge in [0.1, 0.15) is 5.75 Å². The molecule has 19 heavy (non-hydrogen) atoms. The predicted molar refractivity (Wildman–Crippen MR) is 74.6 cm³/mol. The summed E-state index contributed by atoms with van der Waals surface area (Å²) in [5, 5.41) is 13.5. The minimum absolute atomic E-state index is 0.0827. The SMILES string of the molecule is CCOc1ccc(NC(=O)NCCC(=O)O)cc1Br. The van der Waals surface area contributed by atoms with Crippen LogP contribution in [0.1, 0.15) is 13.3 Å². The quantitative estimate of drug-likeness (QED) is 0.747. The standard InChI is InChI=1S/C12H15BrN2O4/c1-2-19-10-4-3-8(7-9(10)13)15-12(18)14-6-5-11(16)17/h3-4,7H,2,5-6H2,1H3,(H,16,17)(H2,14,15,18). The van der Waals surface area contributed by atoms with E-state index in [2.05, 4.69) is 26.6 Å². The van der Waals surface area contributed by atoms with Crippen LogP contribution in [0.25, 0.3) is 0 Å². The van der Waals surface area contributed by atoms with E-state index in [-0.39, 0.29) is 13.0 Å². The third-order valence-electron chi connectivity index (χ3n) is 2.11. The molecule has 0 bridgehead atoms. The number of nitrogens with one attached hydrogen (secondary N) is 2. The van der Waals surface area contributed by atoms with E-state index in [0.29, 0.717) is 18.0 Å². The van der Waals surface area contributed by atoms with Crippen molar-refractivity contribution in [3.8, 4) is 5.75 Å². The number of carbonyl (C=O) groups is 2. The second-order valence-corrected chi connectivity index (χ2v) is 4.46. The summed E-state index contributed by atoms with van der Waals surface area (Å²) >= 11 is 3.34. The minimum atomic E-state index is -0.955. The van der Waals surface area contributed by atoms with Gasteiger partial charge in [-0.15, -0.1) is 0 Å². The Hall–Kier alpha value is -1.76. The Bertz CT molecular complexity index is 465. The van der Waals surface area contributed by atoms with Crippen LogP contribution in [0.4, 0.5) is 10.5 Å². The summed E-state index contributed by atoms with van der Waals surface area (Å²) in [5.74, 6) is -0.261. The summed E-state index contributed by atoms with van der Waals surface area (Å²) in [6.45, 7) is 2.52. The molecule has 0 heterocycles. The van der Waals surface area contributed by atoms with Crippen molar-refractivity contribution in [1.29, 1.82) is 0 Å². The molecule has 2 amide bonds. The summed E-state index contributed by atoms with van der Waals surface area (Å²) in [7, 11) is 0. The number of aliphatic carboxylic acids is 1. The van der Waals surface area contributed by atoms with Crippen LogP contribution in [0, 0.1) is 0 Å². The Morgan fingerprint density at radius 2 is 2.16 bits per heavy atom. The molecule has 0 saturated heterocycles. The topological polar surface area (TPSA) is 87.7 Å². The monoisotopic (exact) mass is 330 g/mol. The molecule has 0 radical (unpaired) electrons. The molecule has 0 fully saturated rings. The van der Waals surface area contributed by atoms with Gasteiger partial charge in [-0.1, -0.05) is 0 Å². The highest BCUT2D eigenvalue weighted by Gasteiger charge is 2.06. The number of carboxylic acid groups (broad SMARTS) is 1. The fraction of sp³-hybridized carbons (Fsp3) is 0.333. The van der Waals surface area contributed by atoms with E-state index in [1.807, 2.05) is 6.92 Å². The van der Waals surface area contributed by atoms with E-state index >= 15 is 0 Å². The number of ether oxygens (including phenoxy) is 1. The zero-order valence-corrected chi connectivity index (χ0v) is 12.0. The lowest BCUT2D eigenvalue weighted by Gasteiger charge is -2.09.